The van der Waals surface area contributed by atoms with Crippen LogP contribution in [0, 0.1) is 0 Å². The highest BCUT2D eigenvalue weighted by molar-refractivity contribution is 7.88. The summed E-state index contributed by atoms with van der Waals surface area (Å²) in [4.78, 5) is 14.1. The number of furan rings is 1. The molecule has 2 fully saturated rings. The molecule has 0 radical (unpaired) electrons. The zero-order valence-corrected chi connectivity index (χ0v) is 14.7. The Bertz CT molecular complexity index is 642. The van der Waals surface area contributed by atoms with Crippen molar-refractivity contribution in [2.24, 2.45) is 0 Å². The second-order valence-corrected chi connectivity index (χ2v) is 8.48. The van der Waals surface area contributed by atoms with Gasteiger partial charge in [-0.05, 0) is 31.7 Å². The van der Waals surface area contributed by atoms with Gasteiger partial charge in [-0.1, -0.05) is 0 Å². The van der Waals surface area contributed by atoms with Gasteiger partial charge in [-0.25, -0.2) is 12.7 Å². The molecule has 0 N–H and O–H groups in total. The number of piperidine rings is 2. The maximum Gasteiger partial charge on any atom is 0.257 e. The van der Waals surface area contributed by atoms with Gasteiger partial charge in [0.25, 0.3) is 5.91 Å². The summed E-state index contributed by atoms with van der Waals surface area (Å²) in [5, 5.41) is 0. The van der Waals surface area contributed by atoms with Crippen LogP contribution in [0.5, 0.6) is 0 Å². The summed E-state index contributed by atoms with van der Waals surface area (Å²) < 4.78 is 35.7. The molecule has 24 heavy (non-hydrogen) atoms. The van der Waals surface area contributed by atoms with Gasteiger partial charge in [-0.15, -0.1) is 0 Å². The molecule has 2 aliphatic rings. The molecule has 0 spiro atoms. The Balaban J connectivity index is 1.42. The molecular formula is C16H24N2O5S. The van der Waals surface area contributed by atoms with E-state index in [0.717, 1.165) is 25.7 Å². The highest BCUT2D eigenvalue weighted by atomic mass is 32.2. The zero-order valence-electron chi connectivity index (χ0n) is 13.9. The predicted octanol–water partition coefficient (Wildman–Crippen LogP) is 1.32. The largest absolute Gasteiger partial charge is 0.472 e. The minimum absolute atomic E-state index is 0.00339. The third-order valence-corrected chi connectivity index (χ3v) is 6.06. The number of carbonyl (C=O) groups is 1. The number of nitrogens with zero attached hydrogens (tertiary/aromatic N) is 2. The molecule has 2 saturated heterocycles. The second-order valence-electron chi connectivity index (χ2n) is 6.50. The molecule has 0 bridgehead atoms. The first-order chi connectivity index (χ1) is 11.4. The molecule has 1 aromatic heterocycles. The van der Waals surface area contributed by atoms with Gasteiger partial charge in [-0.3, -0.25) is 4.79 Å². The maximum absolute atomic E-state index is 12.3. The number of sulfonamides is 1. The van der Waals surface area contributed by atoms with Crippen molar-refractivity contribution in [1.29, 1.82) is 0 Å². The lowest BCUT2D eigenvalue weighted by Crippen LogP contribution is -2.44. The molecule has 7 nitrogen and oxygen atoms in total. The van der Waals surface area contributed by atoms with Crippen LogP contribution < -0.4 is 0 Å². The van der Waals surface area contributed by atoms with Gasteiger partial charge < -0.3 is 14.1 Å². The van der Waals surface area contributed by atoms with Gasteiger partial charge in [0.05, 0.1) is 30.3 Å². The SMILES string of the molecule is CS(=O)(=O)N1CCC(OC2CCN(C(=O)c3ccoc3)CC2)CC1. The molecule has 0 aromatic carbocycles. The van der Waals surface area contributed by atoms with E-state index < -0.39 is 10.0 Å². The molecule has 0 atom stereocenters. The van der Waals surface area contributed by atoms with E-state index in [4.69, 9.17) is 9.15 Å². The van der Waals surface area contributed by atoms with Crippen LogP contribution in [0.3, 0.4) is 0 Å². The van der Waals surface area contributed by atoms with Gasteiger partial charge in [0, 0.05) is 26.2 Å². The number of carbonyl (C=O) groups excluding carboxylic acids is 1. The smallest absolute Gasteiger partial charge is 0.257 e. The van der Waals surface area contributed by atoms with Crippen molar-refractivity contribution >= 4 is 15.9 Å². The first-order valence-corrected chi connectivity index (χ1v) is 10.2. The normalized spacial score (nSPS) is 22.0. The Kier molecular flexibility index (Phi) is 5.27. The molecule has 0 aliphatic carbocycles. The number of rotatable bonds is 4. The van der Waals surface area contributed by atoms with Crippen LogP contribution in [0.1, 0.15) is 36.0 Å². The van der Waals surface area contributed by atoms with E-state index in [2.05, 4.69) is 0 Å². The van der Waals surface area contributed by atoms with Crippen molar-refractivity contribution in [2.75, 3.05) is 32.4 Å². The Labute approximate surface area is 142 Å². The summed E-state index contributed by atoms with van der Waals surface area (Å²) in [6.45, 7) is 2.41. The molecule has 1 aromatic rings. The standard InChI is InChI=1S/C16H24N2O5S/c1-24(20,21)18-9-4-15(5-10-18)23-14-2-7-17(8-3-14)16(19)13-6-11-22-12-13/h6,11-12,14-15H,2-5,7-10H2,1H3. The lowest BCUT2D eigenvalue weighted by Gasteiger charge is -2.36. The van der Waals surface area contributed by atoms with Crippen LogP contribution in [0.15, 0.2) is 23.0 Å². The average Bonchev–Trinajstić information content (AvgIpc) is 3.09. The first-order valence-electron chi connectivity index (χ1n) is 8.35. The summed E-state index contributed by atoms with van der Waals surface area (Å²) in [6.07, 6.45) is 7.60. The van der Waals surface area contributed by atoms with Crippen LogP contribution >= 0.6 is 0 Å². The van der Waals surface area contributed by atoms with E-state index >= 15 is 0 Å². The fourth-order valence-corrected chi connectivity index (χ4v) is 4.21. The predicted molar refractivity (Wildman–Crippen MR) is 88.2 cm³/mol. The Morgan fingerprint density at radius 2 is 1.71 bits per heavy atom. The second kappa shape index (κ2) is 7.25. The minimum Gasteiger partial charge on any atom is -0.472 e. The zero-order chi connectivity index (χ0) is 17.2. The Morgan fingerprint density at radius 1 is 1.12 bits per heavy atom. The van der Waals surface area contributed by atoms with E-state index in [1.54, 1.807) is 6.07 Å². The summed E-state index contributed by atoms with van der Waals surface area (Å²) in [7, 11) is -3.09. The topological polar surface area (TPSA) is 80.1 Å². The number of amides is 1. The van der Waals surface area contributed by atoms with Crippen LogP contribution in [0.2, 0.25) is 0 Å². The van der Waals surface area contributed by atoms with Crippen LogP contribution in [-0.2, 0) is 14.8 Å². The van der Waals surface area contributed by atoms with E-state index in [-0.39, 0.29) is 18.1 Å². The van der Waals surface area contributed by atoms with E-state index in [1.807, 2.05) is 4.90 Å². The molecule has 134 valence electrons. The third-order valence-electron chi connectivity index (χ3n) is 4.75. The Morgan fingerprint density at radius 3 is 2.21 bits per heavy atom. The molecule has 8 heteroatoms. The summed E-state index contributed by atoms with van der Waals surface area (Å²) in [6, 6.07) is 1.68. The summed E-state index contributed by atoms with van der Waals surface area (Å²) in [5.41, 5.74) is 0.586. The van der Waals surface area contributed by atoms with Gasteiger partial charge >= 0.3 is 0 Å². The third kappa shape index (κ3) is 4.17. The van der Waals surface area contributed by atoms with Crippen molar-refractivity contribution in [3.63, 3.8) is 0 Å². The molecule has 3 rings (SSSR count). The fourth-order valence-electron chi connectivity index (χ4n) is 3.34. The van der Waals surface area contributed by atoms with Gasteiger partial charge in [-0.2, -0.15) is 0 Å². The number of likely N-dealkylation sites (tertiary alicyclic amines) is 1. The maximum atomic E-state index is 12.3. The highest BCUT2D eigenvalue weighted by Gasteiger charge is 2.29. The Hall–Kier alpha value is -1.38. The number of hydrogen-bond donors (Lipinski definition) is 0. The minimum atomic E-state index is -3.09. The number of ether oxygens (including phenoxy) is 1. The van der Waals surface area contributed by atoms with E-state index in [9.17, 15) is 13.2 Å². The van der Waals surface area contributed by atoms with Crippen molar-refractivity contribution in [3.05, 3.63) is 24.2 Å². The van der Waals surface area contributed by atoms with Crippen molar-refractivity contribution in [2.45, 2.75) is 37.9 Å². The van der Waals surface area contributed by atoms with Gasteiger partial charge in [0.15, 0.2) is 0 Å². The highest BCUT2D eigenvalue weighted by Crippen LogP contribution is 2.22. The molecule has 3 heterocycles. The summed E-state index contributed by atoms with van der Waals surface area (Å²) in [5.74, 6) is 0.00339. The van der Waals surface area contributed by atoms with Crippen molar-refractivity contribution in [1.82, 2.24) is 9.21 Å². The van der Waals surface area contributed by atoms with E-state index in [1.165, 1.54) is 23.1 Å². The molecule has 2 aliphatic heterocycles. The quantitative estimate of drug-likeness (QED) is 0.813. The van der Waals surface area contributed by atoms with Gasteiger partial charge in [0.1, 0.15) is 6.26 Å². The van der Waals surface area contributed by atoms with Crippen molar-refractivity contribution < 1.29 is 22.4 Å². The number of hydrogen-bond acceptors (Lipinski definition) is 5. The summed E-state index contributed by atoms with van der Waals surface area (Å²) >= 11 is 0. The molecule has 1 amide bonds. The van der Waals surface area contributed by atoms with Gasteiger partial charge in [0.2, 0.25) is 10.0 Å². The molecular weight excluding hydrogens is 332 g/mol. The average molecular weight is 356 g/mol. The first kappa shape index (κ1) is 17.4. The van der Waals surface area contributed by atoms with Crippen LogP contribution in [0.25, 0.3) is 0 Å². The lowest BCUT2D eigenvalue weighted by atomic mass is 10.0. The lowest BCUT2D eigenvalue weighted by molar-refractivity contribution is -0.0557. The van der Waals surface area contributed by atoms with Crippen LogP contribution in [-0.4, -0.2) is 68.2 Å². The van der Waals surface area contributed by atoms with Crippen LogP contribution in [0.4, 0.5) is 0 Å². The van der Waals surface area contributed by atoms with Crippen molar-refractivity contribution in [3.8, 4) is 0 Å². The molecule has 0 saturated carbocycles. The monoisotopic (exact) mass is 356 g/mol. The van der Waals surface area contributed by atoms with E-state index in [0.29, 0.717) is 31.7 Å². The fraction of sp³-hybridized carbons (Fsp3) is 0.688. The molecule has 0 unspecified atom stereocenters.